The lowest BCUT2D eigenvalue weighted by molar-refractivity contribution is 0.102. The molecule has 2 aliphatic heterocycles. The molecule has 4 heterocycles. The van der Waals surface area contributed by atoms with Gasteiger partial charge in [-0.15, -0.1) is 0 Å². The molecular weight excluding hydrogens is 608 g/mol. The minimum atomic E-state index is -4.26. The largest absolute Gasteiger partial charge is 0.490 e. The zero-order valence-electron chi connectivity index (χ0n) is 24.3. The van der Waals surface area contributed by atoms with E-state index in [9.17, 15) is 26.8 Å². The molecule has 1 fully saturated rings. The maximum absolute atomic E-state index is 13.8. The van der Waals surface area contributed by atoms with Gasteiger partial charge in [0.05, 0.1) is 16.1 Å². The molecule has 0 radical (unpaired) electrons. The van der Waals surface area contributed by atoms with E-state index in [1.54, 1.807) is 30.5 Å². The average Bonchev–Trinajstić information content (AvgIpc) is 3.69. The number of fused-ring (bicyclic) bond motifs is 1. The van der Waals surface area contributed by atoms with Crippen molar-refractivity contribution in [2.75, 3.05) is 37.3 Å². The number of hydrogen-bond donors (Lipinski definition) is 4. The Morgan fingerprint density at radius 1 is 1.00 bits per heavy atom. The minimum Gasteiger partial charge on any atom is -0.490 e. The summed E-state index contributed by atoms with van der Waals surface area (Å²) in [5.41, 5.74) is 1.65. The van der Waals surface area contributed by atoms with Gasteiger partial charge >= 0.3 is 0 Å². The Morgan fingerprint density at radius 3 is 2.47 bits per heavy atom. The summed E-state index contributed by atoms with van der Waals surface area (Å²) in [5.74, 6) is -2.50. The number of halogens is 2. The van der Waals surface area contributed by atoms with Crippen molar-refractivity contribution in [2.45, 2.75) is 36.8 Å². The fraction of sp³-hybridized carbons (Fsp3) is 0.300. The summed E-state index contributed by atoms with van der Waals surface area (Å²) in [6.07, 6.45) is 3.51. The Kier molecular flexibility index (Phi) is 8.40. The number of piperidine rings is 1. The smallest absolute Gasteiger partial charge is 0.272 e. The third-order valence-corrected chi connectivity index (χ3v) is 9.72. The first-order chi connectivity index (χ1) is 21.6. The molecular formula is C30H31F2N7O5S. The van der Waals surface area contributed by atoms with Crippen LogP contribution in [0.15, 0.2) is 59.6 Å². The first-order valence-electron chi connectivity index (χ1n) is 14.3. The highest BCUT2D eigenvalue weighted by Gasteiger charge is 2.32. The molecule has 15 heteroatoms. The summed E-state index contributed by atoms with van der Waals surface area (Å²) in [4.78, 5) is 31.1. The number of benzene rings is 2. The van der Waals surface area contributed by atoms with Gasteiger partial charge in [-0.1, -0.05) is 0 Å². The van der Waals surface area contributed by atoms with Gasteiger partial charge in [-0.2, -0.15) is 9.40 Å². The first kappa shape index (κ1) is 30.4. The van der Waals surface area contributed by atoms with Gasteiger partial charge in [0.15, 0.2) is 5.82 Å². The number of aromatic nitrogens is 3. The van der Waals surface area contributed by atoms with Crippen LogP contribution in [0.4, 0.5) is 20.3 Å². The number of nitrogens with one attached hydrogen (secondary N) is 4. The number of aromatic amines is 2. The van der Waals surface area contributed by atoms with Crippen LogP contribution < -0.4 is 15.4 Å². The summed E-state index contributed by atoms with van der Waals surface area (Å²) in [6, 6.07) is 10.2. The van der Waals surface area contributed by atoms with Crippen LogP contribution in [0.25, 0.3) is 0 Å². The normalized spacial score (nSPS) is 16.2. The number of amides is 2. The molecule has 2 aliphatic rings. The number of rotatable bonds is 8. The molecule has 0 bridgehead atoms. The van der Waals surface area contributed by atoms with Crippen LogP contribution in [0.3, 0.4) is 0 Å². The fourth-order valence-corrected chi connectivity index (χ4v) is 6.89. The molecule has 45 heavy (non-hydrogen) atoms. The highest BCUT2D eigenvalue weighted by Crippen LogP contribution is 2.31. The van der Waals surface area contributed by atoms with E-state index in [0.29, 0.717) is 28.8 Å². The Balaban J connectivity index is 1.24. The van der Waals surface area contributed by atoms with Crippen molar-refractivity contribution in [3.63, 3.8) is 0 Å². The minimum absolute atomic E-state index is 0.00786. The predicted octanol–water partition coefficient (Wildman–Crippen LogP) is 3.74. The van der Waals surface area contributed by atoms with Gasteiger partial charge in [-0.3, -0.25) is 14.7 Å². The lowest BCUT2D eigenvalue weighted by Gasteiger charge is -2.29. The lowest BCUT2D eigenvalue weighted by atomic mass is 10.1. The summed E-state index contributed by atoms with van der Waals surface area (Å²) in [7, 11) is -2.20. The monoisotopic (exact) mass is 639 g/mol. The van der Waals surface area contributed by atoms with Gasteiger partial charge in [0.1, 0.15) is 29.2 Å². The van der Waals surface area contributed by atoms with Crippen molar-refractivity contribution in [1.29, 1.82) is 0 Å². The van der Waals surface area contributed by atoms with Crippen molar-refractivity contribution in [1.82, 2.24) is 24.4 Å². The molecule has 236 valence electrons. The quantitative estimate of drug-likeness (QED) is 0.229. The second kappa shape index (κ2) is 12.4. The highest BCUT2D eigenvalue weighted by atomic mass is 32.2. The lowest BCUT2D eigenvalue weighted by Crippen LogP contribution is -2.36. The number of carbonyl (C=O) groups excluding carboxylic acids is 2. The van der Waals surface area contributed by atoms with Crippen LogP contribution in [0.1, 0.15) is 44.9 Å². The topological polar surface area (TPSA) is 153 Å². The molecule has 0 spiro atoms. The predicted molar refractivity (Wildman–Crippen MR) is 161 cm³/mol. The number of nitrogens with zero attached hydrogens (tertiary/aromatic N) is 3. The number of sulfonamides is 1. The number of hydrogen-bond acceptors (Lipinski definition) is 7. The number of carbonyl (C=O) groups is 2. The summed E-state index contributed by atoms with van der Waals surface area (Å²) in [5, 5.41) is 12.5. The standard InChI is InChI=1S/C30H31F2N7O5S/c1-38-10-6-20(7-11-38)44-21-4-5-23(27(16-21)34-30(41)26-3-2-9-33-26)29(40)35-28-24-17-39(12-8-25(24)36-37-28)45(42,43)22-14-18(31)13-19(32)15-22/h2-5,9,13-16,20,33H,6-8,10-12,17H2,1H3,(H,34,41)(H2,35,36,37,40). The number of likely N-dealkylation sites (tertiary alicyclic amines) is 1. The highest BCUT2D eigenvalue weighted by molar-refractivity contribution is 7.89. The van der Waals surface area contributed by atoms with Gasteiger partial charge in [-0.05, 0) is 56.3 Å². The number of H-pyrrole nitrogens is 2. The molecule has 2 amide bonds. The average molecular weight is 640 g/mol. The molecule has 2 aromatic carbocycles. The summed E-state index contributed by atoms with van der Waals surface area (Å²) in [6.45, 7) is 1.64. The third kappa shape index (κ3) is 6.60. The molecule has 4 aromatic rings. The van der Waals surface area contributed by atoms with E-state index in [-0.39, 0.29) is 42.7 Å². The fourth-order valence-electron chi connectivity index (χ4n) is 5.43. The molecule has 6 rings (SSSR count). The Labute approximate surface area is 257 Å². The van der Waals surface area contributed by atoms with Crippen molar-refractivity contribution >= 4 is 33.3 Å². The van der Waals surface area contributed by atoms with Crippen molar-refractivity contribution < 1.29 is 31.5 Å². The van der Waals surface area contributed by atoms with Gasteiger partial charge in [0.25, 0.3) is 11.8 Å². The van der Waals surface area contributed by atoms with Crippen LogP contribution in [0.5, 0.6) is 5.75 Å². The van der Waals surface area contributed by atoms with E-state index in [1.165, 1.54) is 6.07 Å². The van der Waals surface area contributed by atoms with E-state index < -0.39 is 38.4 Å². The van der Waals surface area contributed by atoms with Crippen molar-refractivity contribution in [2.24, 2.45) is 0 Å². The molecule has 0 unspecified atom stereocenters. The zero-order chi connectivity index (χ0) is 31.7. The Hall–Kier alpha value is -4.60. The van der Waals surface area contributed by atoms with E-state index >= 15 is 0 Å². The van der Waals surface area contributed by atoms with E-state index in [0.717, 1.165) is 42.4 Å². The maximum atomic E-state index is 13.8. The Morgan fingerprint density at radius 2 is 1.76 bits per heavy atom. The van der Waals surface area contributed by atoms with Crippen LogP contribution >= 0.6 is 0 Å². The zero-order valence-corrected chi connectivity index (χ0v) is 25.1. The second-order valence-electron chi connectivity index (χ2n) is 11.0. The van der Waals surface area contributed by atoms with Gasteiger partial charge in [0.2, 0.25) is 10.0 Å². The van der Waals surface area contributed by atoms with Crippen molar-refractivity contribution in [3.8, 4) is 5.75 Å². The van der Waals surface area contributed by atoms with Gasteiger partial charge in [-0.25, -0.2) is 17.2 Å². The summed E-state index contributed by atoms with van der Waals surface area (Å²) < 4.78 is 61.3. The SMILES string of the molecule is CN1CCC(Oc2ccc(C(=O)Nc3n[nH]c4c3CN(S(=O)(=O)c3cc(F)cc(F)c3)CC4)c(NC(=O)c3ccc[nH]3)c2)CC1. The third-order valence-electron chi connectivity index (χ3n) is 7.90. The van der Waals surface area contributed by atoms with Gasteiger partial charge in [0, 0.05) is 62.2 Å². The van der Waals surface area contributed by atoms with E-state index in [4.69, 9.17) is 4.74 Å². The van der Waals surface area contributed by atoms with E-state index in [2.05, 4.69) is 37.8 Å². The molecule has 0 atom stereocenters. The molecule has 0 saturated carbocycles. The van der Waals surface area contributed by atoms with Crippen LogP contribution in [-0.2, 0) is 23.0 Å². The molecule has 4 N–H and O–H groups in total. The number of ether oxygens (including phenoxy) is 1. The second-order valence-corrected chi connectivity index (χ2v) is 13.0. The van der Waals surface area contributed by atoms with E-state index in [1.807, 2.05) is 0 Å². The molecule has 0 aliphatic carbocycles. The van der Waals surface area contributed by atoms with Crippen LogP contribution in [0, 0.1) is 11.6 Å². The molecule has 12 nitrogen and oxygen atoms in total. The van der Waals surface area contributed by atoms with Crippen LogP contribution in [0.2, 0.25) is 0 Å². The molecule has 2 aromatic heterocycles. The van der Waals surface area contributed by atoms with Crippen LogP contribution in [-0.4, -0.2) is 77.4 Å². The number of anilines is 2. The first-order valence-corrected chi connectivity index (χ1v) is 15.8. The van der Waals surface area contributed by atoms with Gasteiger partial charge < -0.3 is 25.3 Å². The Bertz CT molecular complexity index is 1820. The summed E-state index contributed by atoms with van der Waals surface area (Å²) >= 11 is 0. The van der Waals surface area contributed by atoms with Crippen molar-refractivity contribution in [3.05, 3.63) is 88.9 Å². The molecule has 1 saturated heterocycles. The maximum Gasteiger partial charge on any atom is 0.272 e.